The zero-order valence-corrected chi connectivity index (χ0v) is 20.9. The Morgan fingerprint density at radius 3 is 2.64 bits per heavy atom. The van der Waals surface area contributed by atoms with Crippen molar-refractivity contribution in [2.24, 2.45) is 10.9 Å². The first-order chi connectivity index (χ1) is 15.7. The Morgan fingerprint density at radius 1 is 1.24 bits per heavy atom. The van der Waals surface area contributed by atoms with Gasteiger partial charge in [-0.3, -0.25) is 4.79 Å². The van der Waals surface area contributed by atoms with Crippen LogP contribution in [0.2, 0.25) is 0 Å². The third-order valence-electron chi connectivity index (χ3n) is 5.98. The summed E-state index contributed by atoms with van der Waals surface area (Å²) in [5.74, 6) is -0.0477. The molecule has 2 heterocycles. The van der Waals surface area contributed by atoms with Crippen molar-refractivity contribution in [3.63, 3.8) is 0 Å². The standard InChI is InChI=1S/C25H29N3O3S2/c1-5-12-28-23-19(4)14-18(3)15-22(23)32-25(28)26-24(29)20-8-10-21(11-9-20)33(30,31)27-13-6-7-17(2)16-27/h5,8-11,14-15,17H,1,6-7,12-13,16H2,2-4H3. The molecule has 3 aromatic rings. The van der Waals surface area contributed by atoms with E-state index in [0.717, 1.165) is 34.2 Å². The maximum Gasteiger partial charge on any atom is 0.279 e. The highest BCUT2D eigenvalue weighted by atomic mass is 32.2. The molecule has 0 radical (unpaired) electrons. The van der Waals surface area contributed by atoms with Gasteiger partial charge in [0.25, 0.3) is 5.91 Å². The Labute approximate surface area is 199 Å². The normalized spacial score (nSPS) is 18.0. The van der Waals surface area contributed by atoms with Crippen LogP contribution in [-0.4, -0.2) is 36.3 Å². The fourth-order valence-electron chi connectivity index (χ4n) is 4.41. The van der Waals surface area contributed by atoms with Crippen molar-refractivity contribution in [3.8, 4) is 0 Å². The number of allylic oxidation sites excluding steroid dienone is 1. The number of amides is 1. The Kier molecular flexibility index (Phi) is 6.70. The van der Waals surface area contributed by atoms with E-state index in [2.05, 4.69) is 37.6 Å². The van der Waals surface area contributed by atoms with E-state index in [1.807, 2.05) is 11.5 Å². The molecule has 2 aromatic carbocycles. The first kappa shape index (κ1) is 23.6. The molecule has 1 amide bonds. The van der Waals surface area contributed by atoms with Gasteiger partial charge in [0.1, 0.15) is 0 Å². The number of carbonyl (C=O) groups is 1. The number of sulfonamides is 1. The summed E-state index contributed by atoms with van der Waals surface area (Å²) in [6.45, 7) is 11.6. The van der Waals surface area contributed by atoms with Crippen LogP contribution in [-0.2, 0) is 16.6 Å². The molecule has 33 heavy (non-hydrogen) atoms. The quantitative estimate of drug-likeness (QED) is 0.495. The van der Waals surface area contributed by atoms with Gasteiger partial charge in [0.05, 0.1) is 15.1 Å². The first-order valence-corrected chi connectivity index (χ1v) is 13.4. The summed E-state index contributed by atoms with van der Waals surface area (Å²) >= 11 is 1.47. The molecule has 8 heteroatoms. The molecule has 1 saturated heterocycles. The zero-order valence-electron chi connectivity index (χ0n) is 19.2. The molecule has 1 aromatic heterocycles. The number of carbonyl (C=O) groups excluding carboxylic acids is 1. The van der Waals surface area contributed by atoms with Gasteiger partial charge >= 0.3 is 0 Å². The van der Waals surface area contributed by atoms with Crippen molar-refractivity contribution in [2.75, 3.05) is 13.1 Å². The number of nitrogens with zero attached hydrogens (tertiary/aromatic N) is 3. The van der Waals surface area contributed by atoms with E-state index >= 15 is 0 Å². The lowest BCUT2D eigenvalue weighted by Gasteiger charge is -2.30. The summed E-state index contributed by atoms with van der Waals surface area (Å²) in [5.41, 5.74) is 3.69. The molecular weight excluding hydrogens is 454 g/mol. The van der Waals surface area contributed by atoms with E-state index in [4.69, 9.17) is 0 Å². The third-order valence-corrected chi connectivity index (χ3v) is 8.88. The minimum absolute atomic E-state index is 0.211. The topological polar surface area (TPSA) is 71.7 Å². The summed E-state index contributed by atoms with van der Waals surface area (Å²) in [4.78, 5) is 18.1. The van der Waals surface area contributed by atoms with E-state index in [1.54, 1.807) is 22.5 Å². The number of aromatic nitrogens is 1. The van der Waals surface area contributed by atoms with Crippen LogP contribution in [0.5, 0.6) is 0 Å². The minimum Gasteiger partial charge on any atom is -0.312 e. The number of hydrogen-bond acceptors (Lipinski definition) is 4. The van der Waals surface area contributed by atoms with E-state index in [9.17, 15) is 13.2 Å². The van der Waals surface area contributed by atoms with Crippen molar-refractivity contribution in [1.82, 2.24) is 8.87 Å². The monoisotopic (exact) mass is 483 g/mol. The highest BCUT2D eigenvalue weighted by molar-refractivity contribution is 7.89. The molecule has 4 rings (SSSR count). The summed E-state index contributed by atoms with van der Waals surface area (Å²) < 4.78 is 30.6. The molecule has 0 N–H and O–H groups in total. The summed E-state index contributed by atoms with van der Waals surface area (Å²) in [7, 11) is -3.56. The maximum absolute atomic E-state index is 13.0. The summed E-state index contributed by atoms with van der Waals surface area (Å²) in [5, 5.41) is 0. The van der Waals surface area contributed by atoms with Gasteiger partial charge in [0.15, 0.2) is 4.80 Å². The minimum atomic E-state index is -3.56. The fourth-order valence-corrected chi connectivity index (χ4v) is 7.22. The van der Waals surface area contributed by atoms with Gasteiger partial charge in [-0.25, -0.2) is 8.42 Å². The lowest BCUT2D eigenvalue weighted by molar-refractivity contribution is 0.0997. The van der Waals surface area contributed by atoms with E-state index < -0.39 is 15.9 Å². The second-order valence-electron chi connectivity index (χ2n) is 8.76. The Hall–Kier alpha value is -2.55. The van der Waals surface area contributed by atoms with Gasteiger partial charge < -0.3 is 4.57 Å². The number of benzene rings is 2. The second kappa shape index (κ2) is 9.37. The molecule has 0 saturated carbocycles. The highest BCUT2D eigenvalue weighted by Crippen LogP contribution is 2.25. The molecule has 0 spiro atoms. The molecule has 0 bridgehead atoms. The molecule has 174 valence electrons. The van der Waals surface area contributed by atoms with Crippen LogP contribution in [0.3, 0.4) is 0 Å². The number of fused-ring (bicyclic) bond motifs is 1. The van der Waals surface area contributed by atoms with Crippen molar-refractivity contribution in [2.45, 2.75) is 45.1 Å². The summed E-state index contributed by atoms with van der Waals surface area (Å²) in [6.07, 6.45) is 3.70. The SMILES string of the molecule is C=CCn1c(=NC(=O)c2ccc(S(=O)(=O)N3CCCC(C)C3)cc2)sc2cc(C)cc(C)c21. The average molecular weight is 484 g/mol. The predicted octanol–water partition coefficient (Wildman–Crippen LogP) is 4.67. The fraction of sp³-hybridized carbons (Fsp3) is 0.360. The van der Waals surface area contributed by atoms with Gasteiger partial charge in [-0.15, -0.1) is 6.58 Å². The molecule has 0 aliphatic carbocycles. The largest absolute Gasteiger partial charge is 0.312 e. The summed E-state index contributed by atoms with van der Waals surface area (Å²) in [6, 6.07) is 10.3. The van der Waals surface area contributed by atoms with Gasteiger partial charge in [-0.2, -0.15) is 9.30 Å². The molecular formula is C25H29N3O3S2. The first-order valence-electron chi connectivity index (χ1n) is 11.1. The van der Waals surface area contributed by atoms with Crippen molar-refractivity contribution in [1.29, 1.82) is 0 Å². The molecule has 1 aliphatic heterocycles. The van der Waals surface area contributed by atoms with Crippen LogP contribution in [0.4, 0.5) is 0 Å². The zero-order chi connectivity index (χ0) is 23.8. The smallest absolute Gasteiger partial charge is 0.279 e. The lowest BCUT2D eigenvalue weighted by Crippen LogP contribution is -2.39. The molecule has 1 fully saturated rings. The molecule has 1 unspecified atom stereocenters. The Balaban J connectivity index is 1.67. The van der Waals surface area contributed by atoms with E-state index in [0.29, 0.717) is 35.9 Å². The third kappa shape index (κ3) is 4.74. The molecule has 1 atom stereocenters. The van der Waals surface area contributed by atoms with Crippen LogP contribution in [0.1, 0.15) is 41.3 Å². The van der Waals surface area contributed by atoms with Crippen molar-refractivity contribution in [3.05, 3.63) is 70.5 Å². The Bertz CT molecular complexity index is 1380. The second-order valence-corrected chi connectivity index (χ2v) is 11.7. The van der Waals surface area contributed by atoms with Gasteiger partial charge in [-0.05, 0) is 74.1 Å². The maximum atomic E-state index is 13.0. The predicted molar refractivity (Wildman–Crippen MR) is 133 cm³/mol. The van der Waals surface area contributed by atoms with Crippen LogP contribution < -0.4 is 4.80 Å². The van der Waals surface area contributed by atoms with Gasteiger partial charge in [0, 0.05) is 25.2 Å². The van der Waals surface area contributed by atoms with Crippen molar-refractivity contribution >= 4 is 37.5 Å². The van der Waals surface area contributed by atoms with E-state index in [1.165, 1.54) is 23.5 Å². The lowest BCUT2D eigenvalue weighted by atomic mass is 10.0. The van der Waals surface area contributed by atoms with Crippen molar-refractivity contribution < 1.29 is 13.2 Å². The molecule has 1 aliphatic rings. The van der Waals surface area contributed by atoms with Crippen LogP contribution in [0, 0.1) is 19.8 Å². The number of thiazole rings is 1. The van der Waals surface area contributed by atoms with Gasteiger partial charge in [-0.1, -0.05) is 30.4 Å². The average Bonchev–Trinajstić information content (AvgIpc) is 3.11. The van der Waals surface area contributed by atoms with Gasteiger partial charge in [0.2, 0.25) is 10.0 Å². The highest BCUT2D eigenvalue weighted by Gasteiger charge is 2.28. The number of hydrogen-bond donors (Lipinski definition) is 0. The van der Waals surface area contributed by atoms with E-state index in [-0.39, 0.29) is 4.90 Å². The van der Waals surface area contributed by atoms with Crippen LogP contribution in [0.15, 0.2) is 58.9 Å². The molecule has 6 nitrogen and oxygen atoms in total. The number of aryl methyl sites for hydroxylation is 2. The Morgan fingerprint density at radius 2 is 1.97 bits per heavy atom. The number of rotatable bonds is 5. The van der Waals surface area contributed by atoms with Crippen LogP contribution in [0.25, 0.3) is 10.2 Å². The number of piperidine rings is 1. The van der Waals surface area contributed by atoms with Crippen LogP contribution >= 0.6 is 11.3 Å².